The van der Waals surface area contributed by atoms with Crippen LogP contribution in [0.15, 0.2) is 65.6 Å². The van der Waals surface area contributed by atoms with Crippen LogP contribution in [0.3, 0.4) is 0 Å². The fourth-order valence-corrected chi connectivity index (χ4v) is 3.01. The average molecular weight is 376 g/mol. The number of carbonyl (C=O) groups excluding carboxylic acids is 1. The van der Waals surface area contributed by atoms with E-state index in [9.17, 15) is 9.59 Å². The molecule has 0 aliphatic heterocycles. The van der Waals surface area contributed by atoms with Gasteiger partial charge in [0.2, 0.25) is 5.91 Å². The zero-order chi connectivity index (χ0) is 19.9. The minimum absolute atomic E-state index is 0.0151. The summed E-state index contributed by atoms with van der Waals surface area (Å²) < 4.78 is 0. The van der Waals surface area contributed by atoms with E-state index in [0.29, 0.717) is 30.1 Å². The maximum atomic E-state index is 12.4. The van der Waals surface area contributed by atoms with E-state index in [-0.39, 0.29) is 23.4 Å². The van der Waals surface area contributed by atoms with Crippen molar-refractivity contribution in [3.8, 4) is 11.5 Å². The molecule has 0 saturated carbocycles. The number of aromatic nitrogens is 3. The van der Waals surface area contributed by atoms with Gasteiger partial charge in [-0.05, 0) is 23.6 Å². The van der Waals surface area contributed by atoms with E-state index in [2.05, 4.69) is 20.3 Å². The molecular weight excluding hydrogens is 352 g/mol. The molecule has 1 atom stereocenters. The Bertz CT molecular complexity index is 969. The summed E-state index contributed by atoms with van der Waals surface area (Å²) in [5, 5.41) is 3.09. The standard InChI is InChI=1S/C22H24N4O2/c1-15(2)12-20(27)25-19(16-8-4-3-5-9-16)13-17-14-21(28)26-22(24-17)18-10-6-7-11-23-18/h3-11,14-15,19H,12-13H2,1-2H3,(H,25,27)(H,24,26,28). The van der Waals surface area contributed by atoms with Gasteiger partial charge in [0.25, 0.3) is 5.56 Å². The van der Waals surface area contributed by atoms with Crippen molar-refractivity contribution in [1.82, 2.24) is 20.3 Å². The third-order valence-corrected chi connectivity index (χ3v) is 4.25. The van der Waals surface area contributed by atoms with Gasteiger partial charge in [-0.3, -0.25) is 14.6 Å². The molecule has 6 heteroatoms. The molecule has 2 N–H and O–H groups in total. The predicted octanol–water partition coefficient (Wildman–Crippen LogP) is 3.28. The van der Waals surface area contributed by atoms with E-state index >= 15 is 0 Å². The van der Waals surface area contributed by atoms with Gasteiger partial charge < -0.3 is 10.3 Å². The fraction of sp³-hybridized carbons (Fsp3) is 0.273. The molecule has 0 aliphatic rings. The van der Waals surface area contributed by atoms with Crippen molar-refractivity contribution in [2.45, 2.75) is 32.7 Å². The third-order valence-electron chi connectivity index (χ3n) is 4.25. The van der Waals surface area contributed by atoms with Gasteiger partial charge in [-0.15, -0.1) is 0 Å². The number of pyridine rings is 1. The summed E-state index contributed by atoms with van der Waals surface area (Å²) in [5.41, 5.74) is 1.93. The number of hydrogen-bond donors (Lipinski definition) is 2. The van der Waals surface area contributed by atoms with Crippen LogP contribution in [0.4, 0.5) is 0 Å². The Balaban J connectivity index is 1.89. The van der Waals surface area contributed by atoms with E-state index in [4.69, 9.17) is 0 Å². The number of amides is 1. The normalized spacial score (nSPS) is 12.0. The summed E-state index contributed by atoms with van der Waals surface area (Å²) in [7, 11) is 0. The van der Waals surface area contributed by atoms with Crippen LogP contribution in [-0.2, 0) is 11.2 Å². The number of nitrogens with zero attached hydrogens (tertiary/aromatic N) is 2. The van der Waals surface area contributed by atoms with Gasteiger partial charge in [-0.1, -0.05) is 50.2 Å². The van der Waals surface area contributed by atoms with Gasteiger partial charge in [0, 0.05) is 25.1 Å². The number of rotatable bonds is 7. The second kappa shape index (κ2) is 9.08. The van der Waals surface area contributed by atoms with Crippen molar-refractivity contribution < 1.29 is 4.79 Å². The fourth-order valence-electron chi connectivity index (χ4n) is 3.01. The van der Waals surface area contributed by atoms with Crippen molar-refractivity contribution in [1.29, 1.82) is 0 Å². The lowest BCUT2D eigenvalue weighted by molar-refractivity contribution is -0.122. The monoisotopic (exact) mass is 376 g/mol. The molecule has 0 radical (unpaired) electrons. The number of hydrogen-bond acceptors (Lipinski definition) is 4. The molecule has 0 spiro atoms. The summed E-state index contributed by atoms with van der Waals surface area (Å²) in [5.74, 6) is 0.673. The lowest BCUT2D eigenvalue weighted by Gasteiger charge is -2.20. The van der Waals surface area contributed by atoms with Crippen LogP contribution in [0.1, 0.15) is 37.6 Å². The van der Waals surface area contributed by atoms with Crippen LogP contribution in [0.5, 0.6) is 0 Å². The minimum Gasteiger partial charge on any atom is -0.349 e. The zero-order valence-corrected chi connectivity index (χ0v) is 16.1. The van der Waals surface area contributed by atoms with Gasteiger partial charge in [0.05, 0.1) is 11.7 Å². The number of nitrogens with one attached hydrogen (secondary N) is 2. The van der Waals surface area contributed by atoms with Crippen LogP contribution in [0.2, 0.25) is 0 Å². The quantitative estimate of drug-likeness (QED) is 0.662. The van der Waals surface area contributed by atoms with Crippen molar-refractivity contribution in [2.75, 3.05) is 0 Å². The number of aromatic amines is 1. The highest BCUT2D eigenvalue weighted by molar-refractivity contribution is 5.76. The SMILES string of the molecule is CC(C)CC(=O)NC(Cc1cc(=O)[nH]c(-c2ccccn2)n1)c1ccccc1. The summed E-state index contributed by atoms with van der Waals surface area (Å²) in [6.07, 6.45) is 2.52. The van der Waals surface area contributed by atoms with Crippen molar-refractivity contribution >= 4 is 5.91 Å². The molecule has 3 aromatic rings. The number of benzene rings is 1. The first-order valence-electron chi connectivity index (χ1n) is 9.37. The molecule has 1 aromatic carbocycles. The van der Waals surface area contributed by atoms with Gasteiger partial charge >= 0.3 is 0 Å². The van der Waals surface area contributed by atoms with Crippen molar-refractivity contribution in [2.24, 2.45) is 5.92 Å². The third kappa shape index (κ3) is 5.36. The van der Waals surface area contributed by atoms with E-state index in [0.717, 1.165) is 5.56 Å². The first-order chi connectivity index (χ1) is 13.5. The number of H-pyrrole nitrogens is 1. The first-order valence-corrected chi connectivity index (χ1v) is 9.37. The topological polar surface area (TPSA) is 87.7 Å². The molecule has 2 aromatic heterocycles. The summed E-state index contributed by atoms with van der Waals surface area (Å²) in [4.78, 5) is 36.1. The highest BCUT2D eigenvalue weighted by Crippen LogP contribution is 2.19. The van der Waals surface area contributed by atoms with E-state index < -0.39 is 0 Å². The van der Waals surface area contributed by atoms with E-state index in [1.54, 1.807) is 18.3 Å². The largest absolute Gasteiger partial charge is 0.349 e. The Hall–Kier alpha value is -3.28. The van der Waals surface area contributed by atoms with E-state index in [1.165, 1.54) is 6.07 Å². The molecule has 0 aliphatic carbocycles. The molecule has 0 fully saturated rings. The minimum atomic E-state index is -0.265. The second-order valence-corrected chi connectivity index (χ2v) is 7.13. The second-order valence-electron chi connectivity index (χ2n) is 7.13. The van der Waals surface area contributed by atoms with Crippen LogP contribution >= 0.6 is 0 Å². The van der Waals surface area contributed by atoms with Gasteiger partial charge in [0.15, 0.2) is 5.82 Å². The Morgan fingerprint density at radius 2 is 1.86 bits per heavy atom. The van der Waals surface area contributed by atoms with Crippen molar-refractivity contribution in [3.63, 3.8) is 0 Å². The smallest absolute Gasteiger partial charge is 0.251 e. The predicted molar refractivity (Wildman–Crippen MR) is 109 cm³/mol. The highest BCUT2D eigenvalue weighted by atomic mass is 16.1. The summed E-state index contributed by atoms with van der Waals surface area (Å²) >= 11 is 0. The molecule has 0 bridgehead atoms. The molecule has 3 rings (SSSR count). The lowest BCUT2D eigenvalue weighted by Crippen LogP contribution is -2.31. The molecule has 0 saturated heterocycles. The molecule has 1 amide bonds. The lowest BCUT2D eigenvalue weighted by atomic mass is 10.0. The number of carbonyl (C=O) groups is 1. The van der Waals surface area contributed by atoms with Gasteiger partial charge in [-0.25, -0.2) is 4.98 Å². The van der Waals surface area contributed by atoms with Gasteiger partial charge in [-0.2, -0.15) is 0 Å². The molecule has 1 unspecified atom stereocenters. The van der Waals surface area contributed by atoms with Gasteiger partial charge in [0.1, 0.15) is 5.69 Å². The molecule has 28 heavy (non-hydrogen) atoms. The van der Waals surface area contributed by atoms with Crippen LogP contribution < -0.4 is 10.9 Å². The first kappa shape index (κ1) is 19.5. The van der Waals surface area contributed by atoms with Crippen LogP contribution in [0, 0.1) is 5.92 Å². The summed E-state index contributed by atoms with van der Waals surface area (Å²) in [6.45, 7) is 4.02. The maximum absolute atomic E-state index is 12.4. The maximum Gasteiger partial charge on any atom is 0.251 e. The zero-order valence-electron chi connectivity index (χ0n) is 16.1. The van der Waals surface area contributed by atoms with Crippen LogP contribution in [-0.4, -0.2) is 20.9 Å². The molecule has 144 valence electrons. The van der Waals surface area contributed by atoms with Crippen LogP contribution in [0.25, 0.3) is 11.5 Å². The summed E-state index contributed by atoms with van der Waals surface area (Å²) in [6, 6.07) is 16.4. The Morgan fingerprint density at radius 1 is 1.11 bits per heavy atom. The molecule has 2 heterocycles. The molecular formula is C22H24N4O2. The Kier molecular flexibility index (Phi) is 6.32. The Morgan fingerprint density at radius 3 is 2.54 bits per heavy atom. The van der Waals surface area contributed by atoms with E-state index in [1.807, 2.05) is 50.2 Å². The molecule has 6 nitrogen and oxygen atoms in total. The van der Waals surface area contributed by atoms with Crippen molar-refractivity contribution in [3.05, 3.63) is 82.4 Å². The Labute approximate surface area is 164 Å². The highest BCUT2D eigenvalue weighted by Gasteiger charge is 2.18. The average Bonchev–Trinajstić information content (AvgIpc) is 2.68.